The Morgan fingerprint density at radius 2 is 1.49 bits per heavy atom. The van der Waals surface area contributed by atoms with Crippen molar-refractivity contribution in [2.75, 3.05) is 98.9 Å². The zero-order valence-electron chi connectivity index (χ0n) is 52.5. The normalized spacial score (nSPS) is 16.8. The van der Waals surface area contributed by atoms with Gasteiger partial charge in [0.05, 0.1) is 93.4 Å². The van der Waals surface area contributed by atoms with Gasteiger partial charge >= 0.3 is 0 Å². The van der Waals surface area contributed by atoms with Gasteiger partial charge in [-0.15, -0.1) is 11.3 Å². The lowest BCUT2D eigenvalue weighted by Crippen LogP contribution is -2.57. The number of β-amino-alcohol motifs (C(OH)–C–C–N with tert-alkyl or cyclic N) is 1. The number of hydrogen-bond donors (Lipinski definition) is 3. The van der Waals surface area contributed by atoms with Crippen molar-refractivity contribution in [2.45, 2.75) is 138 Å². The Morgan fingerprint density at radius 1 is 0.818 bits per heavy atom. The molecule has 1 fully saturated rings. The molecule has 1 aliphatic carbocycles. The van der Waals surface area contributed by atoms with E-state index in [1.807, 2.05) is 103 Å². The largest absolute Gasteiger partial charge is 0.391 e. The van der Waals surface area contributed by atoms with Gasteiger partial charge in [0.25, 0.3) is 0 Å². The molecule has 0 saturated carbocycles. The Morgan fingerprint density at radius 3 is 2.12 bits per heavy atom. The summed E-state index contributed by atoms with van der Waals surface area (Å²) in [5.74, 6) is -1.33. The first-order chi connectivity index (χ1) is 42.2. The number of benzene rings is 2. The summed E-state index contributed by atoms with van der Waals surface area (Å²) in [6.45, 7) is 19.1. The Bertz CT molecular complexity index is 3160. The van der Waals surface area contributed by atoms with Crippen LogP contribution < -0.4 is 10.6 Å². The predicted molar refractivity (Wildman–Crippen MR) is 334 cm³/mol. The number of rotatable bonds is 35. The number of carbonyl (C=O) groups is 7. The van der Waals surface area contributed by atoms with Crippen LogP contribution in [0.15, 0.2) is 77.0 Å². The smallest absolute Gasteiger partial charge is 0.248 e. The molecule has 2 aliphatic heterocycles. The first kappa shape index (κ1) is 68.9. The van der Waals surface area contributed by atoms with Crippen molar-refractivity contribution >= 4 is 68.8 Å². The maximum atomic E-state index is 14.0. The third kappa shape index (κ3) is 20.2. The van der Waals surface area contributed by atoms with Crippen LogP contribution in [0.3, 0.4) is 0 Å². The second-order valence-corrected chi connectivity index (χ2v) is 24.9. The number of likely N-dealkylation sites (tertiary alicyclic amines) is 1. The van der Waals surface area contributed by atoms with Crippen LogP contribution in [0.1, 0.15) is 133 Å². The summed E-state index contributed by atoms with van der Waals surface area (Å²) in [6.07, 6.45) is 7.47. The fourth-order valence-corrected chi connectivity index (χ4v) is 11.7. The zero-order valence-corrected chi connectivity index (χ0v) is 53.3. The molecule has 3 N–H and O–H groups in total. The van der Waals surface area contributed by atoms with Gasteiger partial charge in [-0.25, -0.2) is 4.98 Å². The number of amides is 4. The standard InChI is InChI=1S/C66H89N7O14S/c1-43(2)73-56-35-50(34-54(55(56)38-69-73)58(76)16-15-53-45(4)32-44(3)33-59(53)77)48-17-20-71(21-18-48)61(79)41-87-31-29-85-28-30-86-40-51(74)10-9-22-82-24-26-84-27-25-83-23-19-60(78)70-63(66(6,7)8)65(81)72-39-52(75)36-57(72)64(80)67-37-47-11-13-49(14-12-47)62-46(5)68-42-88-62/h11-14,17,32,34-35,38,42-43,52,57,63,75H,9-10,15-16,18-31,33,36-37,39-41H2,1-8H3,(H,67,80)(H,70,78)/t52-,57+,63-/m1/s1. The molecule has 4 amide bonds. The highest BCUT2D eigenvalue weighted by molar-refractivity contribution is 7.13. The van der Waals surface area contributed by atoms with Gasteiger partial charge in [0.2, 0.25) is 23.6 Å². The van der Waals surface area contributed by atoms with Crippen molar-refractivity contribution in [2.24, 2.45) is 5.41 Å². The minimum absolute atomic E-state index is 0.00326. The molecule has 0 spiro atoms. The first-order valence-electron chi connectivity index (χ1n) is 30.6. The molecule has 7 rings (SSSR count). The van der Waals surface area contributed by atoms with E-state index in [-0.39, 0.29) is 133 Å². The fraction of sp³-hybridized carbons (Fsp3) is 0.561. The predicted octanol–water partition coefficient (Wildman–Crippen LogP) is 7.51. The van der Waals surface area contributed by atoms with Crippen LogP contribution in [0.5, 0.6) is 0 Å². The van der Waals surface area contributed by atoms with Crippen molar-refractivity contribution in [3.63, 3.8) is 0 Å². The third-order valence-corrected chi connectivity index (χ3v) is 16.6. The van der Waals surface area contributed by atoms with Gasteiger partial charge < -0.3 is 54.0 Å². The van der Waals surface area contributed by atoms with E-state index in [1.165, 1.54) is 4.90 Å². The number of nitrogens with zero attached hydrogens (tertiary/aromatic N) is 5. The van der Waals surface area contributed by atoms with Crippen molar-refractivity contribution in [3.8, 4) is 10.4 Å². The quantitative estimate of drug-likeness (QED) is 0.0297. The molecule has 2 aromatic heterocycles. The topological polar surface area (TPSA) is 256 Å². The molecule has 0 unspecified atom stereocenters. The molecule has 478 valence electrons. The van der Waals surface area contributed by atoms with Crippen molar-refractivity contribution < 1.29 is 67.1 Å². The molecular formula is C66H89N7O14S. The van der Waals surface area contributed by atoms with E-state index >= 15 is 0 Å². The van der Waals surface area contributed by atoms with Crippen LogP contribution in [0.25, 0.3) is 26.9 Å². The molecule has 21 nitrogen and oxygen atoms in total. The van der Waals surface area contributed by atoms with Crippen LogP contribution in [-0.4, -0.2) is 188 Å². The van der Waals surface area contributed by atoms with Gasteiger partial charge in [-0.05, 0) is 105 Å². The minimum atomic E-state index is -0.949. The lowest BCUT2D eigenvalue weighted by molar-refractivity contribution is -0.144. The summed E-state index contributed by atoms with van der Waals surface area (Å²) in [6, 6.07) is 10.1. The highest BCUT2D eigenvalue weighted by atomic mass is 32.1. The van der Waals surface area contributed by atoms with Gasteiger partial charge in [-0.1, -0.05) is 62.8 Å². The second kappa shape index (κ2) is 33.8. The molecular weight excluding hydrogens is 1150 g/mol. The van der Waals surface area contributed by atoms with Gasteiger partial charge in [0.1, 0.15) is 25.3 Å². The SMILES string of the molecule is CC1=CC(C)=C(CCC(=O)c2cc(C3=CCN(C(=O)COCCOCCOCC(=O)CCCOCCOCCOCCC(=O)N[C@H](C(=O)N4C[C@H](O)C[C@H]4C(=O)NCc4ccc(-c5scnc5C)cc4)C(C)(C)C)CC3)cc3c2cnn3C(C)C)C(=O)C1. The first-order valence-corrected chi connectivity index (χ1v) is 31.5. The highest BCUT2D eigenvalue weighted by Gasteiger charge is 2.44. The van der Waals surface area contributed by atoms with E-state index in [1.54, 1.807) is 27.9 Å². The summed E-state index contributed by atoms with van der Waals surface area (Å²) >= 11 is 1.57. The number of aliphatic hydroxyl groups is 1. The number of Topliss-reactive ketones (excluding diaryl/α,β-unsaturated/α-hetero) is 3. The molecule has 1 saturated heterocycles. The number of allylic oxidation sites excluding steroid dienone is 4. The fourth-order valence-electron chi connectivity index (χ4n) is 10.9. The van der Waals surface area contributed by atoms with Crippen LogP contribution in [-0.2, 0) is 63.7 Å². The molecule has 3 aliphatic rings. The number of aliphatic hydroxyl groups excluding tert-OH is 1. The van der Waals surface area contributed by atoms with E-state index < -0.39 is 29.5 Å². The molecule has 0 bridgehead atoms. The monoisotopic (exact) mass is 1240 g/mol. The van der Waals surface area contributed by atoms with E-state index in [4.69, 9.17) is 28.4 Å². The number of aryl methyl sites for hydroxylation is 1. The Balaban J connectivity index is 0.673. The maximum absolute atomic E-state index is 14.0. The zero-order chi connectivity index (χ0) is 63.3. The minimum Gasteiger partial charge on any atom is -0.391 e. The highest BCUT2D eigenvalue weighted by Crippen LogP contribution is 2.33. The van der Waals surface area contributed by atoms with Gasteiger partial charge in [-0.3, -0.25) is 38.2 Å². The Kier molecular flexibility index (Phi) is 26.5. The number of fused-ring (bicyclic) bond motifs is 1. The van der Waals surface area contributed by atoms with E-state index in [9.17, 15) is 38.7 Å². The molecule has 22 heteroatoms. The molecule has 4 aromatic rings. The van der Waals surface area contributed by atoms with Crippen LogP contribution in [0.4, 0.5) is 0 Å². The van der Waals surface area contributed by atoms with Crippen LogP contribution in [0.2, 0.25) is 0 Å². The summed E-state index contributed by atoms with van der Waals surface area (Å²) in [5.41, 5.74) is 10.1. The third-order valence-electron chi connectivity index (χ3n) is 15.7. The average Bonchev–Trinajstić information content (AvgIpc) is 1.95. The van der Waals surface area contributed by atoms with E-state index in [0.29, 0.717) is 70.6 Å². The maximum Gasteiger partial charge on any atom is 0.248 e. The van der Waals surface area contributed by atoms with Gasteiger partial charge in [-0.2, -0.15) is 5.10 Å². The van der Waals surface area contributed by atoms with E-state index in [0.717, 1.165) is 60.5 Å². The second-order valence-electron chi connectivity index (χ2n) is 24.0. The lowest BCUT2D eigenvalue weighted by atomic mass is 9.85. The molecule has 88 heavy (non-hydrogen) atoms. The molecule has 3 atom stereocenters. The van der Waals surface area contributed by atoms with E-state index in [2.05, 4.69) is 26.8 Å². The molecule has 4 heterocycles. The summed E-state index contributed by atoms with van der Waals surface area (Å²) in [5, 5.41) is 21.7. The number of hydrogen-bond acceptors (Lipinski definition) is 17. The Labute approximate surface area is 520 Å². The summed E-state index contributed by atoms with van der Waals surface area (Å²) in [7, 11) is 0. The number of ether oxygens (including phenoxy) is 6. The number of nitrogens with one attached hydrogen (secondary N) is 2. The van der Waals surface area contributed by atoms with Gasteiger partial charge in [0.15, 0.2) is 17.3 Å². The van der Waals surface area contributed by atoms with Crippen molar-refractivity contribution in [3.05, 3.63) is 99.4 Å². The Hall–Kier alpha value is -6.63. The van der Waals surface area contributed by atoms with Crippen LogP contribution >= 0.6 is 11.3 Å². The summed E-state index contributed by atoms with van der Waals surface area (Å²) < 4.78 is 35.4. The van der Waals surface area contributed by atoms with Crippen LogP contribution in [0, 0.1) is 12.3 Å². The number of ketones is 3. The molecule has 2 aromatic carbocycles. The van der Waals surface area contributed by atoms with Crippen molar-refractivity contribution in [1.29, 1.82) is 0 Å². The number of aromatic nitrogens is 3. The summed E-state index contributed by atoms with van der Waals surface area (Å²) in [4.78, 5) is 101. The number of carbonyl (C=O) groups excluding carboxylic acids is 7. The molecule has 0 radical (unpaired) electrons. The van der Waals surface area contributed by atoms with Gasteiger partial charge in [0, 0.05) is 81.9 Å². The lowest BCUT2D eigenvalue weighted by Gasteiger charge is -2.35. The van der Waals surface area contributed by atoms with Crippen molar-refractivity contribution in [1.82, 2.24) is 35.2 Å². The average molecular weight is 1240 g/mol. The number of thiazole rings is 1.